The Morgan fingerprint density at radius 3 is 2.81 bits per heavy atom. The molecule has 0 atom stereocenters. The summed E-state index contributed by atoms with van der Waals surface area (Å²) in [6, 6.07) is 5.11. The van der Waals surface area contributed by atoms with Crippen LogP contribution in [0.1, 0.15) is 5.82 Å². The molecule has 0 fully saturated rings. The number of hydrogen-bond acceptors (Lipinski definition) is 4. The van der Waals surface area contributed by atoms with E-state index in [0.717, 1.165) is 0 Å². The predicted octanol–water partition coefficient (Wildman–Crippen LogP) is 2.13. The van der Waals surface area contributed by atoms with Gasteiger partial charge in [-0.25, -0.2) is 0 Å². The number of H-pyrrole nitrogens is 1. The highest BCUT2D eigenvalue weighted by Crippen LogP contribution is 2.26. The number of hydrogen-bond donors (Lipinski definition) is 1. The molecule has 0 aliphatic carbocycles. The van der Waals surface area contributed by atoms with Gasteiger partial charge in [0.15, 0.2) is 5.82 Å². The molecule has 0 unspecified atom stereocenters. The van der Waals surface area contributed by atoms with Gasteiger partial charge in [0.1, 0.15) is 5.75 Å². The molecule has 16 heavy (non-hydrogen) atoms. The molecule has 0 spiro atoms. The van der Waals surface area contributed by atoms with Gasteiger partial charge in [-0.3, -0.25) is 0 Å². The van der Waals surface area contributed by atoms with E-state index in [4.69, 9.17) is 27.9 Å². The van der Waals surface area contributed by atoms with Gasteiger partial charge in [-0.05, 0) is 12.1 Å². The van der Waals surface area contributed by atoms with Gasteiger partial charge < -0.3 is 4.74 Å². The summed E-state index contributed by atoms with van der Waals surface area (Å²) in [5.41, 5.74) is 0. The van der Waals surface area contributed by atoms with Crippen LogP contribution in [-0.4, -0.2) is 27.2 Å². The van der Waals surface area contributed by atoms with Crippen LogP contribution in [0.2, 0.25) is 10.0 Å². The van der Waals surface area contributed by atoms with E-state index in [1.165, 1.54) is 0 Å². The fraction of sp³-hybridized carbons (Fsp3) is 0.222. The summed E-state index contributed by atoms with van der Waals surface area (Å²) in [6.45, 7) is 0.456. The molecule has 2 rings (SSSR count). The summed E-state index contributed by atoms with van der Waals surface area (Å²) in [5.74, 6) is 1.28. The van der Waals surface area contributed by atoms with Gasteiger partial charge >= 0.3 is 0 Å². The van der Waals surface area contributed by atoms with E-state index in [-0.39, 0.29) is 0 Å². The van der Waals surface area contributed by atoms with E-state index in [1.807, 2.05) is 0 Å². The lowest BCUT2D eigenvalue weighted by Gasteiger charge is -2.05. The summed E-state index contributed by atoms with van der Waals surface area (Å²) in [5, 5.41) is 14.4. The van der Waals surface area contributed by atoms with Crippen LogP contribution in [0.3, 0.4) is 0 Å². The highest BCUT2D eigenvalue weighted by Gasteiger charge is 2.02. The smallest absolute Gasteiger partial charge is 0.177 e. The molecule has 7 heteroatoms. The lowest BCUT2D eigenvalue weighted by molar-refractivity contribution is 0.319. The fourth-order valence-corrected chi connectivity index (χ4v) is 1.40. The Labute approximate surface area is 102 Å². The summed E-state index contributed by atoms with van der Waals surface area (Å²) in [6.07, 6.45) is 0.580. The number of halogens is 2. The summed E-state index contributed by atoms with van der Waals surface area (Å²) < 4.78 is 5.45. The molecule has 0 aliphatic heterocycles. The zero-order valence-corrected chi connectivity index (χ0v) is 9.66. The zero-order valence-electron chi connectivity index (χ0n) is 8.15. The molecule has 0 amide bonds. The van der Waals surface area contributed by atoms with E-state index in [0.29, 0.717) is 34.6 Å². The first-order valence-electron chi connectivity index (χ1n) is 4.56. The normalized spacial score (nSPS) is 10.4. The number of ether oxygens (including phenoxy) is 1. The maximum Gasteiger partial charge on any atom is 0.177 e. The van der Waals surface area contributed by atoms with Gasteiger partial charge in [-0.1, -0.05) is 28.4 Å². The zero-order chi connectivity index (χ0) is 11.4. The van der Waals surface area contributed by atoms with Crippen LogP contribution in [0.5, 0.6) is 5.75 Å². The van der Waals surface area contributed by atoms with Gasteiger partial charge in [0, 0.05) is 12.5 Å². The standard InChI is InChI=1S/C9H8Cl2N4O/c10-7-2-1-6(5-8(7)11)16-4-3-9-12-14-15-13-9/h1-2,5H,3-4H2,(H,12,13,14,15). The Morgan fingerprint density at radius 2 is 2.12 bits per heavy atom. The molecule has 0 saturated heterocycles. The molecule has 0 radical (unpaired) electrons. The van der Waals surface area contributed by atoms with Crippen LogP contribution >= 0.6 is 23.2 Å². The number of benzene rings is 1. The number of aromatic nitrogens is 4. The molecule has 0 aliphatic rings. The molecular formula is C9H8Cl2N4O. The maximum absolute atomic E-state index is 5.84. The molecule has 2 aromatic rings. The first-order chi connectivity index (χ1) is 7.75. The number of aromatic amines is 1. The molecule has 0 bridgehead atoms. The number of nitrogens with one attached hydrogen (secondary N) is 1. The van der Waals surface area contributed by atoms with Gasteiger partial charge in [0.25, 0.3) is 0 Å². The number of rotatable bonds is 4. The van der Waals surface area contributed by atoms with Crippen LogP contribution < -0.4 is 4.74 Å². The van der Waals surface area contributed by atoms with Crippen molar-refractivity contribution in [1.82, 2.24) is 20.6 Å². The lowest BCUT2D eigenvalue weighted by atomic mass is 10.3. The minimum absolute atomic E-state index is 0.456. The van der Waals surface area contributed by atoms with Crippen molar-refractivity contribution in [2.24, 2.45) is 0 Å². The van der Waals surface area contributed by atoms with E-state index in [1.54, 1.807) is 18.2 Å². The molecule has 1 heterocycles. The Hall–Kier alpha value is -1.33. The average Bonchev–Trinajstić information content (AvgIpc) is 2.76. The Bertz CT molecular complexity index is 461. The Kier molecular flexibility index (Phi) is 3.58. The van der Waals surface area contributed by atoms with Crippen molar-refractivity contribution in [2.45, 2.75) is 6.42 Å². The van der Waals surface area contributed by atoms with E-state index in [9.17, 15) is 0 Å². The second-order valence-corrected chi connectivity index (χ2v) is 3.82. The average molecular weight is 259 g/mol. The number of nitrogens with zero attached hydrogens (tertiary/aromatic N) is 3. The molecule has 1 N–H and O–H groups in total. The summed E-state index contributed by atoms with van der Waals surface area (Å²) in [7, 11) is 0. The first-order valence-corrected chi connectivity index (χ1v) is 5.31. The molecule has 84 valence electrons. The third-order valence-electron chi connectivity index (χ3n) is 1.87. The molecular weight excluding hydrogens is 251 g/mol. The van der Waals surface area contributed by atoms with Gasteiger partial charge in [0.2, 0.25) is 0 Å². The van der Waals surface area contributed by atoms with Crippen LogP contribution in [0.25, 0.3) is 0 Å². The minimum atomic E-state index is 0.456. The van der Waals surface area contributed by atoms with Crippen molar-refractivity contribution in [3.8, 4) is 5.75 Å². The summed E-state index contributed by atoms with van der Waals surface area (Å²) >= 11 is 11.6. The van der Waals surface area contributed by atoms with Crippen LogP contribution in [0, 0.1) is 0 Å². The third-order valence-corrected chi connectivity index (χ3v) is 2.61. The molecule has 1 aromatic heterocycles. The minimum Gasteiger partial charge on any atom is -0.493 e. The van der Waals surface area contributed by atoms with Crippen molar-refractivity contribution >= 4 is 23.2 Å². The monoisotopic (exact) mass is 258 g/mol. The molecule has 5 nitrogen and oxygen atoms in total. The lowest BCUT2D eigenvalue weighted by Crippen LogP contribution is -2.02. The maximum atomic E-state index is 5.84. The predicted molar refractivity (Wildman–Crippen MR) is 59.8 cm³/mol. The second kappa shape index (κ2) is 5.14. The first kappa shape index (κ1) is 11.2. The molecule has 1 aromatic carbocycles. The van der Waals surface area contributed by atoms with Crippen LogP contribution in [-0.2, 0) is 6.42 Å². The quantitative estimate of drug-likeness (QED) is 0.913. The van der Waals surface area contributed by atoms with Gasteiger partial charge in [-0.15, -0.1) is 10.2 Å². The third kappa shape index (κ3) is 2.84. The van der Waals surface area contributed by atoms with E-state index < -0.39 is 0 Å². The van der Waals surface area contributed by atoms with E-state index >= 15 is 0 Å². The molecule has 0 saturated carbocycles. The second-order valence-electron chi connectivity index (χ2n) is 3.00. The van der Waals surface area contributed by atoms with Crippen LogP contribution in [0.15, 0.2) is 18.2 Å². The van der Waals surface area contributed by atoms with Crippen molar-refractivity contribution in [2.75, 3.05) is 6.61 Å². The van der Waals surface area contributed by atoms with Gasteiger partial charge in [-0.2, -0.15) is 5.21 Å². The van der Waals surface area contributed by atoms with Gasteiger partial charge in [0.05, 0.1) is 16.7 Å². The highest BCUT2D eigenvalue weighted by atomic mass is 35.5. The van der Waals surface area contributed by atoms with Crippen molar-refractivity contribution in [3.63, 3.8) is 0 Å². The van der Waals surface area contributed by atoms with Crippen molar-refractivity contribution in [1.29, 1.82) is 0 Å². The topological polar surface area (TPSA) is 63.7 Å². The number of tetrazole rings is 1. The largest absolute Gasteiger partial charge is 0.493 e. The highest BCUT2D eigenvalue weighted by molar-refractivity contribution is 6.42. The Balaban J connectivity index is 1.87. The van der Waals surface area contributed by atoms with E-state index in [2.05, 4.69) is 20.6 Å². The summed E-state index contributed by atoms with van der Waals surface area (Å²) in [4.78, 5) is 0. The Morgan fingerprint density at radius 1 is 1.25 bits per heavy atom. The SMILES string of the molecule is Clc1ccc(OCCc2nn[nH]n2)cc1Cl. The van der Waals surface area contributed by atoms with Crippen LogP contribution in [0.4, 0.5) is 0 Å². The van der Waals surface area contributed by atoms with Crippen molar-refractivity contribution < 1.29 is 4.74 Å². The fourth-order valence-electron chi connectivity index (χ4n) is 1.12. The van der Waals surface area contributed by atoms with Crippen molar-refractivity contribution in [3.05, 3.63) is 34.1 Å².